The molecule has 0 bridgehead atoms. The van der Waals surface area contributed by atoms with E-state index in [4.69, 9.17) is 23.7 Å². The molecule has 0 N–H and O–H groups in total. The van der Waals surface area contributed by atoms with Crippen LogP contribution in [-0.2, 0) is 50.1 Å². The molecule has 1 aliphatic rings. The number of rotatable bonds is 15. The molecule has 5 atom stereocenters. The Morgan fingerprint density at radius 2 is 0.957 bits per heavy atom. The van der Waals surface area contributed by atoms with Crippen LogP contribution < -0.4 is 0 Å². The zero-order chi connectivity index (χ0) is 32.2. The molecule has 242 valence electrons. The SMILES string of the molecule is C/C(=C\[Si](C)(C)C)[C@@H]1O[C@H](COCc2ccccc2)[C@@H](OCc2ccccc2)[C@H](OCc2ccccc2)[C@H]1OCc1ccccc1. The summed E-state index contributed by atoms with van der Waals surface area (Å²) in [6, 6.07) is 41.1. The Hall–Kier alpha value is -3.36. The molecule has 1 heterocycles. The van der Waals surface area contributed by atoms with Crippen molar-refractivity contribution in [2.45, 2.75) is 83.5 Å². The van der Waals surface area contributed by atoms with Gasteiger partial charge < -0.3 is 23.7 Å². The van der Waals surface area contributed by atoms with Crippen LogP contribution >= 0.6 is 0 Å². The summed E-state index contributed by atoms with van der Waals surface area (Å²) >= 11 is 0. The lowest BCUT2D eigenvalue weighted by molar-refractivity contribution is -0.265. The second kappa shape index (κ2) is 17.0. The molecule has 46 heavy (non-hydrogen) atoms. The average molecular weight is 637 g/mol. The van der Waals surface area contributed by atoms with Crippen LogP contribution in [0.4, 0.5) is 0 Å². The fourth-order valence-electron chi connectivity index (χ4n) is 5.92. The van der Waals surface area contributed by atoms with Gasteiger partial charge in [-0.3, -0.25) is 0 Å². The molecule has 0 aromatic heterocycles. The Balaban J connectivity index is 1.49. The zero-order valence-electron chi connectivity index (χ0n) is 27.6. The van der Waals surface area contributed by atoms with Gasteiger partial charge in [0.2, 0.25) is 0 Å². The summed E-state index contributed by atoms with van der Waals surface area (Å²) in [6.07, 6.45) is -1.95. The molecule has 1 fully saturated rings. The van der Waals surface area contributed by atoms with E-state index in [2.05, 4.69) is 80.8 Å². The smallest absolute Gasteiger partial charge is 0.117 e. The van der Waals surface area contributed by atoms with Crippen LogP contribution in [0.15, 0.2) is 133 Å². The molecule has 0 amide bonds. The van der Waals surface area contributed by atoms with Gasteiger partial charge in [-0.2, -0.15) is 0 Å². The van der Waals surface area contributed by atoms with E-state index in [1.807, 2.05) is 72.8 Å². The van der Waals surface area contributed by atoms with Crippen molar-refractivity contribution in [3.63, 3.8) is 0 Å². The largest absolute Gasteiger partial charge is 0.374 e. The Labute approximate surface area is 276 Å². The van der Waals surface area contributed by atoms with Crippen molar-refractivity contribution in [3.05, 3.63) is 155 Å². The summed E-state index contributed by atoms with van der Waals surface area (Å²) in [5, 5.41) is 0. The second-order valence-electron chi connectivity index (χ2n) is 13.1. The standard InChI is InChI=1S/C40H48O5Si/c1-31(30-46(2,3)4)37-39(43-27-34-21-13-7-14-22-34)40(44-28-35-23-15-8-16-24-35)38(42-26-33-19-11-6-12-20-33)36(45-37)29-41-25-32-17-9-5-10-18-32/h5-24,30,36-40H,25-29H2,1-4H3/b31-30+/t36-,37+,38-,39+,40+/m1/s1. The van der Waals surface area contributed by atoms with Crippen molar-refractivity contribution in [1.82, 2.24) is 0 Å². The molecular formula is C40H48O5Si. The Kier molecular flexibility index (Phi) is 12.5. The quantitative estimate of drug-likeness (QED) is 0.122. The van der Waals surface area contributed by atoms with Gasteiger partial charge in [-0.15, -0.1) is 0 Å². The van der Waals surface area contributed by atoms with E-state index >= 15 is 0 Å². The molecule has 1 aliphatic heterocycles. The van der Waals surface area contributed by atoms with Crippen molar-refractivity contribution < 1.29 is 23.7 Å². The lowest BCUT2D eigenvalue weighted by Crippen LogP contribution is -2.61. The fraction of sp³-hybridized carbons (Fsp3) is 0.350. The van der Waals surface area contributed by atoms with Crippen molar-refractivity contribution in [2.24, 2.45) is 0 Å². The molecule has 5 rings (SSSR count). The molecule has 1 saturated heterocycles. The molecule has 0 radical (unpaired) electrons. The number of hydrogen-bond acceptors (Lipinski definition) is 5. The predicted octanol–water partition coefficient (Wildman–Crippen LogP) is 8.55. The minimum atomic E-state index is -1.58. The van der Waals surface area contributed by atoms with Gasteiger partial charge in [0.15, 0.2) is 0 Å². The Bertz CT molecular complexity index is 1460. The van der Waals surface area contributed by atoms with E-state index in [1.54, 1.807) is 0 Å². The molecule has 5 nitrogen and oxygen atoms in total. The summed E-state index contributed by atoms with van der Waals surface area (Å²) < 4.78 is 33.8. The van der Waals surface area contributed by atoms with E-state index in [1.165, 1.54) is 5.57 Å². The fourth-order valence-corrected chi connectivity index (χ4v) is 7.45. The van der Waals surface area contributed by atoms with Gasteiger partial charge in [-0.25, -0.2) is 0 Å². The molecule has 6 heteroatoms. The lowest BCUT2D eigenvalue weighted by Gasteiger charge is -2.47. The van der Waals surface area contributed by atoms with Crippen LogP contribution in [0.2, 0.25) is 19.6 Å². The zero-order valence-corrected chi connectivity index (χ0v) is 28.6. The monoisotopic (exact) mass is 636 g/mol. The maximum atomic E-state index is 7.02. The van der Waals surface area contributed by atoms with Crippen LogP contribution in [0, 0.1) is 0 Å². The molecule has 4 aromatic carbocycles. The highest BCUT2D eigenvalue weighted by Crippen LogP contribution is 2.34. The van der Waals surface area contributed by atoms with Gasteiger partial charge >= 0.3 is 0 Å². The maximum absolute atomic E-state index is 7.02. The average Bonchev–Trinajstić information content (AvgIpc) is 3.07. The van der Waals surface area contributed by atoms with Crippen LogP contribution in [-0.4, -0.2) is 45.2 Å². The molecule has 0 unspecified atom stereocenters. The number of ether oxygens (including phenoxy) is 5. The normalized spacial score (nSPS) is 22.1. The van der Waals surface area contributed by atoms with Crippen molar-refractivity contribution in [1.29, 1.82) is 0 Å². The predicted molar refractivity (Wildman–Crippen MR) is 187 cm³/mol. The van der Waals surface area contributed by atoms with E-state index in [9.17, 15) is 0 Å². The third-order valence-electron chi connectivity index (χ3n) is 7.99. The summed E-state index contributed by atoms with van der Waals surface area (Å²) in [6.45, 7) is 11.3. The van der Waals surface area contributed by atoms with E-state index in [0.29, 0.717) is 33.0 Å². The molecule has 0 spiro atoms. The van der Waals surface area contributed by atoms with Gasteiger partial charge in [0.05, 0.1) is 41.1 Å². The first-order valence-electron chi connectivity index (χ1n) is 16.3. The number of benzene rings is 4. The van der Waals surface area contributed by atoms with Crippen LogP contribution in [0.3, 0.4) is 0 Å². The lowest BCUT2D eigenvalue weighted by atomic mass is 9.91. The highest BCUT2D eigenvalue weighted by Gasteiger charge is 2.49. The van der Waals surface area contributed by atoms with Crippen molar-refractivity contribution in [2.75, 3.05) is 6.61 Å². The summed E-state index contributed by atoms with van der Waals surface area (Å²) in [5.74, 6) is 0. The van der Waals surface area contributed by atoms with Crippen molar-refractivity contribution in [3.8, 4) is 0 Å². The number of hydrogen-bond donors (Lipinski definition) is 0. The molecular weight excluding hydrogens is 589 g/mol. The summed E-state index contributed by atoms with van der Waals surface area (Å²) in [7, 11) is -1.58. The maximum Gasteiger partial charge on any atom is 0.117 e. The highest BCUT2D eigenvalue weighted by molar-refractivity contribution is 6.81. The summed E-state index contributed by atoms with van der Waals surface area (Å²) in [5.41, 5.74) is 7.99. The van der Waals surface area contributed by atoms with E-state index in [-0.39, 0.29) is 12.2 Å². The third-order valence-corrected chi connectivity index (χ3v) is 9.31. The van der Waals surface area contributed by atoms with E-state index in [0.717, 1.165) is 22.3 Å². The first-order valence-corrected chi connectivity index (χ1v) is 19.9. The Morgan fingerprint density at radius 3 is 1.39 bits per heavy atom. The molecule has 4 aromatic rings. The first kappa shape index (κ1) is 34.0. The van der Waals surface area contributed by atoms with Crippen LogP contribution in [0.5, 0.6) is 0 Å². The van der Waals surface area contributed by atoms with Crippen LogP contribution in [0.1, 0.15) is 29.2 Å². The van der Waals surface area contributed by atoms with Gasteiger partial charge in [-0.05, 0) is 34.8 Å². The molecule has 0 aliphatic carbocycles. The molecule has 0 saturated carbocycles. The highest BCUT2D eigenvalue weighted by atomic mass is 28.3. The van der Waals surface area contributed by atoms with E-state index < -0.39 is 26.4 Å². The van der Waals surface area contributed by atoms with Gasteiger partial charge in [-0.1, -0.05) is 147 Å². The van der Waals surface area contributed by atoms with Crippen molar-refractivity contribution >= 4 is 8.07 Å². The van der Waals surface area contributed by atoms with Gasteiger partial charge in [0, 0.05) is 0 Å². The van der Waals surface area contributed by atoms with Gasteiger partial charge in [0.1, 0.15) is 30.5 Å². The van der Waals surface area contributed by atoms with Crippen LogP contribution in [0.25, 0.3) is 0 Å². The first-order chi connectivity index (χ1) is 22.4. The third kappa shape index (κ3) is 10.3. The minimum absolute atomic E-state index is 0.321. The Morgan fingerprint density at radius 1 is 0.565 bits per heavy atom. The minimum Gasteiger partial charge on any atom is -0.374 e. The second-order valence-corrected chi connectivity index (χ2v) is 18.2. The summed E-state index contributed by atoms with van der Waals surface area (Å²) in [4.78, 5) is 0. The topological polar surface area (TPSA) is 46.2 Å². The van der Waals surface area contributed by atoms with Gasteiger partial charge in [0.25, 0.3) is 0 Å².